The number of hydrogen-bond donors (Lipinski definition) is 1. The molecule has 0 atom stereocenters. The SMILES string of the molecule is O=C(c1ccc(S)cc1)N(Cc1cccs1)C1CC1. The molecule has 4 heteroatoms. The molecule has 1 aliphatic carbocycles. The number of amides is 1. The van der Waals surface area contributed by atoms with Crippen LogP contribution in [0.15, 0.2) is 46.7 Å². The Morgan fingerprint density at radius 1 is 1.26 bits per heavy atom. The number of hydrogen-bond acceptors (Lipinski definition) is 3. The highest BCUT2D eigenvalue weighted by Gasteiger charge is 2.33. The Balaban J connectivity index is 1.79. The van der Waals surface area contributed by atoms with Crippen molar-refractivity contribution < 1.29 is 4.79 Å². The molecule has 0 unspecified atom stereocenters. The van der Waals surface area contributed by atoms with E-state index in [0.717, 1.165) is 29.8 Å². The molecule has 3 rings (SSSR count). The number of benzene rings is 1. The van der Waals surface area contributed by atoms with Gasteiger partial charge in [-0.25, -0.2) is 0 Å². The number of thiol groups is 1. The fourth-order valence-electron chi connectivity index (χ4n) is 2.09. The first-order valence-electron chi connectivity index (χ1n) is 6.36. The topological polar surface area (TPSA) is 20.3 Å². The molecule has 1 heterocycles. The van der Waals surface area contributed by atoms with E-state index in [1.54, 1.807) is 11.3 Å². The Labute approximate surface area is 122 Å². The summed E-state index contributed by atoms with van der Waals surface area (Å²) < 4.78 is 0. The second kappa shape index (κ2) is 5.39. The number of carbonyl (C=O) groups is 1. The quantitative estimate of drug-likeness (QED) is 0.848. The Bertz CT molecular complexity index is 558. The van der Waals surface area contributed by atoms with Gasteiger partial charge in [0.05, 0.1) is 6.54 Å². The van der Waals surface area contributed by atoms with E-state index in [1.165, 1.54) is 4.88 Å². The van der Waals surface area contributed by atoms with Gasteiger partial charge in [-0.05, 0) is 48.6 Å². The van der Waals surface area contributed by atoms with Gasteiger partial charge in [-0.2, -0.15) is 0 Å². The molecule has 1 fully saturated rings. The van der Waals surface area contributed by atoms with Gasteiger partial charge in [0.25, 0.3) is 5.91 Å². The molecule has 0 radical (unpaired) electrons. The van der Waals surface area contributed by atoms with Crippen LogP contribution in [0, 0.1) is 0 Å². The number of nitrogens with zero attached hydrogens (tertiary/aromatic N) is 1. The van der Waals surface area contributed by atoms with Crippen LogP contribution in [-0.2, 0) is 6.54 Å². The van der Waals surface area contributed by atoms with E-state index in [0.29, 0.717) is 6.04 Å². The van der Waals surface area contributed by atoms with Crippen LogP contribution in [0.25, 0.3) is 0 Å². The summed E-state index contributed by atoms with van der Waals surface area (Å²) in [5, 5.41) is 2.06. The van der Waals surface area contributed by atoms with Crippen LogP contribution in [0.1, 0.15) is 28.1 Å². The van der Waals surface area contributed by atoms with Crippen molar-refractivity contribution in [2.24, 2.45) is 0 Å². The Hall–Kier alpha value is -1.26. The van der Waals surface area contributed by atoms with Gasteiger partial charge in [-0.3, -0.25) is 4.79 Å². The molecule has 1 aromatic heterocycles. The smallest absolute Gasteiger partial charge is 0.254 e. The molecule has 0 bridgehead atoms. The number of carbonyl (C=O) groups excluding carboxylic acids is 1. The molecule has 1 saturated carbocycles. The lowest BCUT2D eigenvalue weighted by atomic mass is 10.2. The zero-order chi connectivity index (χ0) is 13.2. The molecular weight excluding hydrogens is 274 g/mol. The predicted octanol–water partition coefficient (Wildman–Crippen LogP) is 3.84. The summed E-state index contributed by atoms with van der Waals surface area (Å²) in [7, 11) is 0. The van der Waals surface area contributed by atoms with Crippen LogP contribution < -0.4 is 0 Å². The van der Waals surface area contributed by atoms with E-state index < -0.39 is 0 Å². The van der Waals surface area contributed by atoms with Crippen LogP contribution in [0.2, 0.25) is 0 Å². The van der Waals surface area contributed by atoms with Gasteiger partial charge in [-0.15, -0.1) is 24.0 Å². The Morgan fingerprint density at radius 3 is 2.58 bits per heavy atom. The van der Waals surface area contributed by atoms with E-state index in [4.69, 9.17) is 0 Å². The van der Waals surface area contributed by atoms with Crippen molar-refractivity contribution in [1.82, 2.24) is 4.90 Å². The minimum Gasteiger partial charge on any atom is -0.331 e. The standard InChI is InChI=1S/C15H15NOS2/c17-15(11-3-7-13(18)8-4-11)16(12-5-6-12)10-14-2-1-9-19-14/h1-4,7-9,12,18H,5-6,10H2. The molecule has 0 saturated heterocycles. The summed E-state index contributed by atoms with van der Waals surface area (Å²) in [6, 6.07) is 12.0. The van der Waals surface area contributed by atoms with Crippen molar-refractivity contribution in [3.05, 3.63) is 52.2 Å². The Kier molecular flexibility index (Phi) is 3.62. The number of thiophene rings is 1. The maximum Gasteiger partial charge on any atom is 0.254 e. The second-order valence-corrected chi connectivity index (χ2v) is 6.34. The van der Waals surface area contributed by atoms with E-state index in [2.05, 4.69) is 24.1 Å². The summed E-state index contributed by atoms with van der Waals surface area (Å²) in [4.78, 5) is 16.7. The van der Waals surface area contributed by atoms with Crippen LogP contribution in [0.3, 0.4) is 0 Å². The minimum absolute atomic E-state index is 0.129. The van der Waals surface area contributed by atoms with Gasteiger partial charge in [0, 0.05) is 21.4 Å². The van der Waals surface area contributed by atoms with Crippen LogP contribution in [0.4, 0.5) is 0 Å². The zero-order valence-corrected chi connectivity index (χ0v) is 12.2. The van der Waals surface area contributed by atoms with Gasteiger partial charge >= 0.3 is 0 Å². The lowest BCUT2D eigenvalue weighted by Crippen LogP contribution is -2.32. The highest BCUT2D eigenvalue weighted by atomic mass is 32.1. The molecule has 0 aliphatic heterocycles. The van der Waals surface area contributed by atoms with Crippen molar-refractivity contribution in [1.29, 1.82) is 0 Å². The maximum absolute atomic E-state index is 12.6. The van der Waals surface area contributed by atoms with Gasteiger partial charge in [0.1, 0.15) is 0 Å². The van der Waals surface area contributed by atoms with E-state index in [1.807, 2.05) is 35.2 Å². The lowest BCUT2D eigenvalue weighted by molar-refractivity contribution is 0.0731. The zero-order valence-electron chi connectivity index (χ0n) is 10.5. The van der Waals surface area contributed by atoms with Crippen LogP contribution >= 0.6 is 24.0 Å². The van der Waals surface area contributed by atoms with Crippen molar-refractivity contribution >= 4 is 29.9 Å². The molecule has 1 amide bonds. The summed E-state index contributed by atoms with van der Waals surface area (Å²) >= 11 is 5.96. The van der Waals surface area contributed by atoms with Crippen LogP contribution in [-0.4, -0.2) is 16.8 Å². The van der Waals surface area contributed by atoms with Gasteiger partial charge in [-0.1, -0.05) is 6.07 Å². The molecule has 2 nitrogen and oxygen atoms in total. The first kappa shape index (κ1) is 12.8. The number of rotatable bonds is 4. The van der Waals surface area contributed by atoms with E-state index >= 15 is 0 Å². The summed E-state index contributed by atoms with van der Waals surface area (Å²) in [6.45, 7) is 0.726. The predicted molar refractivity (Wildman–Crippen MR) is 80.9 cm³/mol. The van der Waals surface area contributed by atoms with Crippen molar-refractivity contribution in [2.45, 2.75) is 30.3 Å². The molecule has 98 valence electrons. The molecule has 0 N–H and O–H groups in total. The third-order valence-corrected chi connectivity index (χ3v) is 4.43. The first-order chi connectivity index (χ1) is 9.24. The summed E-state index contributed by atoms with van der Waals surface area (Å²) in [5.41, 5.74) is 0.751. The first-order valence-corrected chi connectivity index (χ1v) is 7.69. The second-order valence-electron chi connectivity index (χ2n) is 4.79. The minimum atomic E-state index is 0.129. The van der Waals surface area contributed by atoms with Crippen LogP contribution in [0.5, 0.6) is 0 Å². The van der Waals surface area contributed by atoms with E-state index in [9.17, 15) is 4.79 Å². The average molecular weight is 289 g/mol. The summed E-state index contributed by atoms with van der Waals surface area (Å²) in [6.07, 6.45) is 2.25. The third-order valence-electron chi connectivity index (χ3n) is 3.27. The van der Waals surface area contributed by atoms with Gasteiger partial charge in [0.2, 0.25) is 0 Å². The van der Waals surface area contributed by atoms with E-state index in [-0.39, 0.29) is 5.91 Å². The molecule has 0 spiro atoms. The maximum atomic E-state index is 12.6. The third kappa shape index (κ3) is 3.01. The fourth-order valence-corrected chi connectivity index (χ4v) is 2.94. The fraction of sp³-hybridized carbons (Fsp3) is 0.267. The van der Waals surface area contributed by atoms with Crippen molar-refractivity contribution in [3.8, 4) is 0 Å². The van der Waals surface area contributed by atoms with Gasteiger partial charge in [0.15, 0.2) is 0 Å². The Morgan fingerprint density at radius 2 is 2.00 bits per heavy atom. The normalized spacial score (nSPS) is 14.4. The van der Waals surface area contributed by atoms with Gasteiger partial charge < -0.3 is 4.90 Å². The highest BCUT2D eigenvalue weighted by molar-refractivity contribution is 7.80. The lowest BCUT2D eigenvalue weighted by Gasteiger charge is -2.22. The highest BCUT2D eigenvalue weighted by Crippen LogP contribution is 2.30. The molecule has 2 aromatic rings. The molecule has 19 heavy (non-hydrogen) atoms. The molecule has 1 aliphatic rings. The monoisotopic (exact) mass is 289 g/mol. The summed E-state index contributed by atoms with van der Waals surface area (Å²) in [5.74, 6) is 0.129. The molecule has 1 aromatic carbocycles. The molecular formula is C15H15NOS2. The average Bonchev–Trinajstić information content (AvgIpc) is 3.13. The van der Waals surface area contributed by atoms with Crippen molar-refractivity contribution in [2.75, 3.05) is 0 Å². The largest absolute Gasteiger partial charge is 0.331 e. The van der Waals surface area contributed by atoms with Crippen molar-refractivity contribution in [3.63, 3.8) is 0 Å².